The molecule has 2 aromatic rings. The number of carbonyl (C=O) groups excluding carboxylic acids is 2. The zero-order valence-electron chi connectivity index (χ0n) is 16.2. The summed E-state index contributed by atoms with van der Waals surface area (Å²) in [7, 11) is 0. The fourth-order valence-electron chi connectivity index (χ4n) is 2.49. The molecule has 3 N–H and O–H groups in total. The molecule has 0 atom stereocenters. The van der Waals surface area contributed by atoms with E-state index < -0.39 is 0 Å². The van der Waals surface area contributed by atoms with Gasteiger partial charge in [-0.05, 0) is 77.2 Å². The smallest absolute Gasteiger partial charge is 0.251 e. The quantitative estimate of drug-likeness (QED) is 0.603. The highest BCUT2D eigenvalue weighted by atomic mass is 79.9. The van der Waals surface area contributed by atoms with Crippen LogP contribution in [-0.4, -0.2) is 24.9 Å². The highest BCUT2D eigenvalue weighted by Crippen LogP contribution is 2.23. The number of hydrogen-bond donors (Lipinski definition) is 3. The summed E-state index contributed by atoms with van der Waals surface area (Å²) in [6, 6.07) is 11.2. The Morgan fingerprint density at radius 1 is 1.04 bits per heavy atom. The van der Waals surface area contributed by atoms with Crippen molar-refractivity contribution >= 4 is 39.1 Å². The van der Waals surface area contributed by atoms with Crippen LogP contribution in [0.15, 0.2) is 40.9 Å². The van der Waals surface area contributed by atoms with Crippen LogP contribution < -0.4 is 16.0 Å². The molecule has 0 saturated heterocycles. The number of nitrogens with one attached hydrogen (secondary N) is 3. The van der Waals surface area contributed by atoms with Crippen LogP contribution >= 0.6 is 15.9 Å². The van der Waals surface area contributed by atoms with E-state index in [1.54, 1.807) is 6.07 Å². The molecule has 0 spiro atoms. The maximum absolute atomic E-state index is 12.2. The number of carbonyl (C=O) groups is 2. The number of amides is 2. The Labute approximate surface area is 169 Å². The summed E-state index contributed by atoms with van der Waals surface area (Å²) < 4.78 is 0.851. The normalized spacial score (nSPS) is 10.6. The summed E-state index contributed by atoms with van der Waals surface area (Å²) >= 11 is 3.45. The van der Waals surface area contributed by atoms with Gasteiger partial charge in [0.1, 0.15) is 0 Å². The second kappa shape index (κ2) is 9.55. The third-order valence-corrected chi connectivity index (χ3v) is 4.65. The number of rotatable bonds is 7. The predicted molar refractivity (Wildman–Crippen MR) is 114 cm³/mol. The molecule has 0 fully saturated rings. The van der Waals surface area contributed by atoms with E-state index in [4.69, 9.17) is 0 Å². The number of benzene rings is 2. The van der Waals surface area contributed by atoms with Gasteiger partial charge in [0.2, 0.25) is 5.91 Å². The number of halogens is 1. The standard InChI is InChI=1S/C21H26BrN3O2/c1-13(2)11-24-21(27)16-6-8-18(15(4)10-16)23-12-20(26)25-19-7-5-14(3)9-17(19)22/h5-10,13,23H,11-12H2,1-4H3,(H,24,27)(H,25,26). The molecule has 27 heavy (non-hydrogen) atoms. The predicted octanol–water partition coefficient (Wildman–Crippen LogP) is 4.50. The first-order chi connectivity index (χ1) is 12.8. The van der Waals surface area contributed by atoms with Crippen LogP contribution in [0.3, 0.4) is 0 Å². The first-order valence-corrected chi connectivity index (χ1v) is 9.74. The Morgan fingerprint density at radius 3 is 2.37 bits per heavy atom. The molecule has 0 unspecified atom stereocenters. The lowest BCUT2D eigenvalue weighted by molar-refractivity contribution is -0.114. The third-order valence-electron chi connectivity index (χ3n) is 4.00. The van der Waals surface area contributed by atoms with E-state index in [-0.39, 0.29) is 18.4 Å². The van der Waals surface area contributed by atoms with Gasteiger partial charge in [-0.1, -0.05) is 19.9 Å². The molecular formula is C21H26BrN3O2. The van der Waals surface area contributed by atoms with Crippen molar-refractivity contribution in [2.45, 2.75) is 27.7 Å². The number of hydrogen-bond acceptors (Lipinski definition) is 3. The van der Waals surface area contributed by atoms with Crippen LogP contribution in [0.25, 0.3) is 0 Å². The van der Waals surface area contributed by atoms with E-state index in [0.29, 0.717) is 18.0 Å². The Balaban J connectivity index is 1.93. The second-order valence-electron chi connectivity index (χ2n) is 7.02. The van der Waals surface area contributed by atoms with Crippen LogP contribution in [-0.2, 0) is 4.79 Å². The molecule has 6 heteroatoms. The minimum Gasteiger partial charge on any atom is -0.376 e. The molecule has 2 rings (SSSR count). The molecule has 2 amide bonds. The molecule has 0 aliphatic carbocycles. The molecule has 0 radical (unpaired) electrons. The molecule has 5 nitrogen and oxygen atoms in total. The van der Waals surface area contributed by atoms with Gasteiger partial charge in [-0.2, -0.15) is 0 Å². The molecule has 0 aliphatic heterocycles. The molecular weight excluding hydrogens is 406 g/mol. The topological polar surface area (TPSA) is 70.2 Å². The van der Waals surface area contributed by atoms with E-state index in [1.807, 2.05) is 44.2 Å². The third kappa shape index (κ3) is 6.40. The molecule has 0 bridgehead atoms. The Hall–Kier alpha value is -2.34. The van der Waals surface area contributed by atoms with Crippen LogP contribution in [0.2, 0.25) is 0 Å². The average Bonchev–Trinajstić information content (AvgIpc) is 2.61. The van der Waals surface area contributed by atoms with Gasteiger partial charge in [0.05, 0.1) is 12.2 Å². The van der Waals surface area contributed by atoms with Gasteiger partial charge < -0.3 is 16.0 Å². The first kappa shape index (κ1) is 21.0. The van der Waals surface area contributed by atoms with Crippen LogP contribution in [0.4, 0.5) is 11.4 Å². The minimum atomic E-state index is -0.141. The van der Waals surface area contributed by atoms with Crippen molar-refractivity contribution in [3.05, 3.63) is 57.6 Å². The van der Waals surface area contributed by atoms with Crippen LogP contribution in [0.1, 0.15) is 35.3 Å². The van der Waals surface area contributed by atoms with Gasteiger partial charge in [-0.25, -0.2) is 0 Å². The number of anilines is 2. The lowest BCUT2D eigenvalue weighted by Gasteiger charge is -2.13. The summed E-state index contributed by atoms with van der Waals surface area (Å²) in [4.78, 5) is 24.3. The van der Waals surface area contributed by atoms with E-state index in [9.17, 15) is 9.59 Å². The van der Waals surface area contributed by atoms with E-state index in [1.165, 1.54) is 0 Å². The molecule has 0 aliphatic rings. The van der Waals surface area contributed by atoms with Crippen molar-refractivity contribution in [2.24, 2.45) is 5.92 Å². The Morgan fingerprint density at radius 2 is 1.74 bits per heavy atom. The van der Waals surface area contributed by atoms with Crippen molar-refractivity contribution in [3.63, 3.8) is 0 Å². The molecule has 0 heterocycles. The summed E-state index contributed by atoms with van der Waals surface area (Å²) in [6.45, 7) is 8.80. The first-order valence-electron chi connectivity index (χ1n) is 8.95. The largest absolute Gasteiger partial charge is 0.376 e. The number of aryl methyl sites for hydroxylation is 2. The fourth-order valence-corrected chi connectivity index (χ4v) is 3.09. The molecule has 0 saturated carbocycles. The molecule has 2 aromatic carbocycles. The van der Waals surface area contributed by atoms with Gasteiger partial charge in [0, 0.05) is 22.3 Å². The summed E-state index contributed by atoms with van der Waals surface area (Å²) in [5.74, 6) is 0.182. The van der Waals surface area contributed by atoms with Crippen molar-refractivity contribution in [1.29, 1.82) is 0 Å². The van der Waals surface area contributed by atoms with Crippen LogP contribution in [0.5, 0.6) is 0 Å². The SMILES string of the molecule is Cc1ccc(NC(=O)CNc2ccc(C(=O)NCC(C)C)cc2C)c(Br)c1. The van der Waals surface area contributed by atoms with E-state index >= 15 is 0 Å². The Kier molecular flexibility index (Phi) is 7.42. The van der Waals surface area contributed by atoms with Crippen molar-refractivity contribution in [1.82, 2.24) is 5.32 Å². The lowest BCUT2D eigenvalue weighted by atomic mass is 10.1. The van der Waals surface area contributed by atoms with Gasteiger partial charge in [-0.15, -0.1) is 0 Å². The van der Waals surface area contributed by atoms with Gasteiger partial charge in [0.25, 0.3) is 5.91 Å². The summed E-state index contributed by atoms with van der Waals surface area (Å²) in [5.41, 5.74) is 4.21. The summed E-state index contributed by atoms with van der Waals surface area (Å²) in [5, 5.41) is 8.90. The monoisotopic (exact) mass is 431 g/mol. The molecule has 144 valence electrons. The summed E-state index contributed by atoms with van der Waals surface area (Å²) in [6.07, 6.45) is 0. The minimum absolute atomic E-state index is 0.0830. The zero-order valence-corrected chi connectivity index (χ0v) is 17.7. The van der Waals surface area contributed by atoms with E-state index in [0.717, 1.165) is 27.0 Å². The Bertz CT molecular complexity index is 834. The van der Waals surface area contributed by atoms with Gasteiger partial charge >= 0.3 is 0 Å². The maximum Gasteiger partial charge on any atom is 0.251 e. The second-order valence-corrected chi connectivity index (χ2v) is 7.87. The van der Waals surface area contributed by atoms with Crippen LogP contribution in [0, 0.1) is 19.8 Å². The zero-order chi connectivity index (χ0) is 20.0. The molecule has 0 aromatic heterocycles. The lowest BCUT2D eigenvalue weighted by Crippen LogP contribution is -2.27. The van der Waals surface area contributed by atoms with Crippen molar-refractivity contribution in [2.75, 3.05) is 23.7 Å². The highest BCUT2D eigenvalue weighted by molar-refractivity contribution is 9.10. The van der Waals surface area contributed by atoms with Gasteiger partial charge in [0.15, 0.2) is 0 Å². The maximum atomic E-state index is 12.2. The average molecular weight is 432 g/mol. The fraction of sp³-hybridized carbons (Fsp3) is 0.333. The van der Waals surface area contributed by atoms with Crippen molar-refractivity contribution in [3.8, 4) is 0 Å². The van der Waals surface area contributed by atoms with Crippen molar-refractivity contribution < 1.29 is 9.59 Å². The highest BCUT2D eigenvalue weighted by Gasteiger charge is 2.10. The van der Waals surface area contributed by atoms with E-state index in [2.05, 4.69) is 45.7 Å². The van der Waals surface area contributed by atoms with Gasteiger partial charge in [-0.3, -0.25) is 9.59 Å².